The summed E-state index contributed by atoms with van der Waals surface area (Å²) in [5.41, 5.74) is 0.117. The Bertz CT molecular complexity index is 835. The van der Waals surface area contributed by atoms with Crippen LogP contribution in [0.1, 0.15) is 34.6 Å². The van der Waals surface area contributed by atoms with Gasteiger partial charge in [0.1, 0.15) is 0 Å². The van der Waals surface area contributed by atoms with Crippen LogP contribution in [0.5, 0.6) is 11.5 Å². The maximum Gasteiger partial charge on any atom is 0.335 e. The van der Waals surface area contributed by atoms with Gasteiger partial charge in [-0.2, -0.15) is 0 Å². The van der Waals surface area contributed by atoms with E-state index in [2.05, 4.69) is 10.6 Å². The van der Waals surface area contributed by atoms with E-state index in [4.69, 9.17) is 9.47 Å². The molecular formula is C18H20N2O6S. The molecule has 0 aliphatic carbocycles. The van der Waals surface area contributed by atoms with Gasteiger partial charge in [-0.05, 0) is 23.6 Å². The fourth-order valence-electron chi connectivity index (χ4n) is 2.53. The first-order valence-electron chi connectivity index (χ1n) is 7.95. The van der Waals surface area contributed by atoms with E-state index in [1.165, 1.54) is 44.6 Å². The van der Waals surface area contributed by atoms with E-state index in [1.807, 2.05) is 17.5 Å². The number of carboxylic acids is 1. The number of ether oxygens (including phenoxy) is 2. The summed E-state index contributed by atoms with van der Waals surface area (Å²) in [7, 11) is 2.76. The molecule has 9 heteroatoms. The van der Waals surface area contributed by atoms with Crippen LogP contribution in [0.25, 0.3) is 0 Å². The first-order valence-corrected chi connectivity index (χ1v) is 8.83. The molecule has 0 bridgehead atoms. The third-order valence-electron chi connectivity index (χ3n) is 3.65. The molecule has 0 saturated heterocycles. The Morgan fingerprint density at radius 1 is 1.22 bits per heavy atom. The smallest absolute Gasteiger partial charge is 0.335 e. The van der Waals surface area contributed by atoms with Gasteiger partial charge in [-0.3, -0.25) is 9.59 Å². The van der Waals surface area contributed by atoms with Gasteiger partial charge >= 0.3 is 5.97 Å². The summed E-state index contributed by atoms with van der Waals surface area (Å²) in [6, 6.07) is 5.77. The highest BCUT2D eigenvalue weighted by atomic mass is 32.1. The second kappa shape index (κ2) is 9.04. The molecular weight excluding hydrogens is 372 g/mol. The molecule has 2 amide bonds. The molecule has 1 unspecified atom stereocenters. The zero-order valence-corrected chi connectivity index (χ0v) is 15.9. The van der Waals surface area contributed by atoms with Gasteiger partial charge in [0.05, 0.1) is 37.9 Å². The van der Waals surface area contributed by atoms with Crippen molar-refractivity contribution in [3.8, 4) is 11.5 Å². The van der Waals surface area contributed by atoms with E-state index in [0.29, 0.717) is 0 Å². The van der Waals surface area contributed by atoms with Crippen molar-refractivity contribution in [2.24, 2.45) is 0 Å². The van der Waals surface area contributed by atoms with Crippen molar-refractivity contribution in [3.63, 3.8) is 0 Å². The van der Waals surface area contributed by atoms with Gasteiger partial charge in [0.2, 0.25) is 11.8 Å². The standard InChI is InChI=1S/C18H20N2O6S/c1-10(21)19-12(15-5-4-6-27-15)9-16(22)20-13-7-11(18(23)24)8-14(25-2)17(13)26-3/h4-8,12H,9H2,1-3H3,(H,19,21)(H,20,22)(H,23,24). The van der Waals surface area contributed by atoms with Gasteiger partial charge in [0, 0.05) is 11.8 Å². The van der Waals surface area contributed by atoms with Gasteiger partial charge in [0.25, 0.3) is 0 Å². The van der Waals surface area contributed by atoms with Gasteiger partial charge in [-0.25, -0.2) is 4.79 Å². The molecule has 0 aliphatic rings. The van der Waals surface area contributed by atoms with E-state index in [9.17, 15) is 19.5 Å². The lowest BCUT2D eigenvalue weighted by Gasteiger charge is -2.18. The van der Waals surface area contributed by atoms with Crippen LogP contribution in [-0.4, -0.2) is 37.1 Å². The van der Waals surface area contributed by atoms with Crippen LogP contribution >= 0.6 is 11.3 Å². The van der Waals surface area contributed by atoms with Crippen molar-refractivity contribution >= 4 is 34.8 Å². The Labute approximate surface area is 160 Å². The number of carbonyl (C=O) groups is 3. The van der Waals surface area contributed by atoms with E-state index >= 15 is 0 Å². The van der Waals surface area contributed by atoms with Crippen molar-refractivity contribution in [2.45, 2.75) is 19.4 Å². The second-order valence-corrected chi connectivity index (χ2v) is 6.56. The molecule has 0 saturated carbocycles. The van der Waals surface area contributed by atoms with Gasteiger partial charge < -0.3 is 25.2 Å². The summed E-state index contributed by atoms with van der Waals surface area (Å²) in [6.07, 6.45) is -0.0249. The van der Waals surface area contributed by atoms with E-state index in [1.54, 1.807) is 0 Å². The monoisotopic (exact) mass is 392 g/mol. The van der Waals surface area contributed by atoms with E-state index in [0.717, 1.165) is 4.88 Å². The van der Waals surface area contributed by atoms with Crippen LogP contribution in [0.2, 0.25) is 0 Å². The van der Waals surface area contributed by atoms with Crippen molar-refractivity contribution in [2.75, 3.05) is 19.5 Å². The fourth-order valence-corrected chi connectivity index (χ4v) is 3.30. The molecule has 1 atom stereocenters. The lowest BCUT2D eigenvalue weighted by Crippen LogP contribution is -2.29. The van der Waals surface area contributed by atoms with Crippen LogP contribution in [0.3, 0.4) is 0 Å². The number of rotatable bonds is 8. The normalized spacial score (nSPS) is 11.4. The molecule has 1 aromatic heterocycles. The third-order valence-corrected chi connectivity index (χ3v) is 4.64. The molecule has 8 nitrogen and oxygen atoms in total. The van der Waals surface area contributed by atoms with Crippen molar-refractivity contribution in [1.29, 1.82) is 0 Å². The van der Waals surface area contributed by atoms with Crippen LogP contribution in [0.15, 0.2) is 29.6 Å². The number of nitrogens with one attached hydrogen (secondary N) is 2. The average Bonchev–Trinajstić information content (AvgIpc) is 3.14. The molecule has 1 aromatic carbocycles. The Morgan fingerprint density at radius 2 is 1.96 bits per heavy atom. The van der Waals surface area contributed by atoms with Crippen molar-refractivity contribution in [1.82, 2.24) is 5.32 Å². The number of hydrogen-bond acceptors (Lipinski definition) is 6. The SMILES string of the molecule is COc1cc(C(=O)O)cc(NC(=O)CC(NC(C)=O)c2cccs2)c1OC. The average molecular weight is 392 g/mol. The Hall–Kier alpha value is -3.07. The summed E-state index contributed by atoms with van der Waals surface area (Å²) in [6.45, 7) is 1.38. The lowest BCUT2D eigenvalue weighted by atomic mass is 10.1. The molecule has 1 heterocycles. The minimum Gasteiger partial charge on any atom is -0.493 e. The van der Waals surface area contributed by atoms with Crippen LogP contribution in [0, 0.1) is 0 Å². The highest BCUT2D eigenvalue weighted by molar-refractivity contribution is 7.10. The number of carbonyl (C=O) groups excluding carboxylic acids is 2. The highest BCUT2D eigenvalue weighted by Crippen LogP contribution is 2.37. The maximum absolute atomic E-state index is 12.5. The van der Waals surface area contributed by atoms with Gasteiger partial charge in [-0.1, -0.05) is 6.07 Å². The largest absolute Gasteiger partial charge is 0.493 e. The summed E-state index contributed by atoms with van der Waals surface area (Å²) in [4.78, 5) is 36.1. The van der Waals surface area contributed by atoms with Gasteiger partial charge in [0.15, 0.2) is 11.5 Å². The number of aromatic carboxylic acids is 1. The summed E-state index contributed by atoms with van der Waals surface area (Å²) in [5.74, 6) is -1.44. The minimum absolute atomic E-state index is 0.0249. The number of hydrogen-bond donors (Lipinski definition) is 3. The Balaban J connectivity index is 2.26. The zero-order valence-electron chi connectivity index (χ0n) is 15.1. The van der Waals surface area contributed by atoms with Gasteiger partial charge in [-0.15, -0.1) is 11.3 Å². The summed E-state index contributed by atoms with van der Waals surface area (Å²) >= 11 is 1.42. The predicted molar refractivity (Wildman–Crippen MR) is 101 cm³/mol. The third kappa shape index (κ3) is 5.20. The van der Waals surface area contributed by atoms with Crippen molar-refractivity contribution < 1.29 is 29.0 Å². The molecule has 0 fully saturated rings. The van der Waals surface area contributed by atoms with Crippen molar-refractivity contribution in [3.05, 3.63) is 40.1 Å². The topological polar surface area (TPSA) is 114 Å². The highest BCUT2D eigenvalue weighted by Gasteiger charge is 2.21. The van der Waals surface area contributed by atoms with Crippen LogP contribution in [-0.2, 0) is 9.59 Å². The molecule has 27 heavy (non-hydrogen) atoms. The number of thiophene rings is 1. The Morgan fingerprint density at radius 3 is 2.48 bits per heavy atom. The lowest BCUT2D eigenvalue weighted by molar-refractivity contribution is -0.120. The molecule has 0 spiro atoms. The second-order valence-electron chi connectivity index (χ2n) is 5.59. The molecule has 3 N–H and O–H groups in total. The van der Waals surface area contributed by atoms with E-state index < -0.39 is 17.9 Å². The predicted octanol–water partition coefficient (Wildman–Crippen LogP) is 2.67. The molecule has 0 aliphatic heterocycles. The van der Waals surface area contributed by atoms with Crippen LogP contribution < -0.4 is 20.1 Å². The number of anilines is 1. The number of benzene rings is 1. The molecule has 0 radical (unpaired) electrons. The minimum atomic E-state index is -1.17. The number of carboxylic acid groups (broad SMARTS) is 1. The number of amides is 2. The van der Waals surface area contributed by atoms with Crippen LogP contribution in [0.4, 0.5) is 5.69 Å². The Kier molecular flexibility index (Phi) is 6.78. The fraction of sp³-hybridized carbons (Fsp3) is 0.278. The van der Waals surface area contributed by atoms with E-state index in [-0.39, 0.29) is 35.1 Å². The molecule has 144 valence electrons. The summed E-state index contributed by atoms with van der Waals surface area (Å²) < 4.78 is 10.4. The molecule has 2 aromatic rings. The number of methoxy groups -OCH3 is 2. The maximum atomic E-state index is 12.5. The summed E-state index contributed by atoms with van der Waals surface area (Å²) in [5, 5.41) is 16.5. The molecule has 2 rings (SSSR count). The quantitative estimate of drug-likeness (QED) is 0.636. The zero-order chi connectivity index (χ0) is 20.0. The first kappa shape index (κ1) is 20.2. The first-order chi connectivity index (χ1) is 12.8.